The minimum absolute atomic E-state index is 0. The highest BCUT2D eigenvalue weighted by Crippen LogP contribution is 2.15. The molecule has 1 aliphatic rings. The second kappa shape index (κ2) is 14.5. The fourth-order valence-corrected chi connectivity index (χ4v) is 3.26. The first-order valence-electron chi connectivity index (χ1n) is 10.4. The maximum atomic E-state index is 12.3. The molecule has 0 bridgehead atoms. The molecule has 1 fully saturated rings. The highest BCUT2D eigenvalue weighted by Gasteiger charge is 2.15. The van der Waals surface area contributed by atoms with Crippen molar-refractivity contribution in [3.8, 4) is 0 Å². The van der Waals surface area contributed by atoms with Crippen LogP contribution in [0.25, 0.3) is 0 Å². The molecule has 0 saturated carbocycles. The molecular formula is C21H37IN6O. The fourth-order valence-electron chi connectivity index (χ4n) is 3.26. The van der Waals surface area contributed by atoms with Crippen LogP contribution < -0.4 is 10.6 Å². The molecule has 0 unspecified atom stereocenters. The lowest BCUT2D eigenvalue weighted by Gasteiger charge is -2.30. The van der Waals surface area contributed by atoms with Crippen LogP contribution in [0.5, 0.6) is 0 Å². The van der Waals surface area contributed by atoms with Gasteiger partial charge in [-0.1, -0.05) is 13.0 Å². The van der Waals surface area contributed by atoms with Crippen LogP contribution in [-0.2, 0) is 11.2 Å². The van der Waals surface area contributed by atoms with Gasteiger partial charge in [0.1, 0.15) is 0 Å². The molecule has 0 atom stereocenters. The Balaban J connectivity index is 0.00000420. The lowest BCUT2D eigenvalue weighted by Crippen LogP contribution is -2.44. The summed E-state index contributed by atoms with van der Waals surface area (Å²) in [5, 5.41) is 6.41. The van der Waals surface area contributed by atoms with Crippen molar-refractivity contribution in [2.24, 2.45) is 10.9 Å². The summed E-state index contributed by atoms with van der Waals surface area (Å²) in [7, 11) is 3.55. The number of likely N-dealkylation sites (tertiary alicyclic amines) is 1. The number of rotatable bonds is 9. The molecule has 164 valence electrons. The van der Waals surface area contributed by atoms with E-state index in [4.69, 9.17) is 0 Å². The number of pyridine rings is 1. The molecule has 0 spiro atoms. The topological polar surface area (TPSA) is 72.9 Å². The minimum Gasteiger partial charge on any atom is -0.356 e. The second-order valence-corrected chi connectivity index (χ2v) is 7.62. The Kier molecular flexibility index (Phi) is 12.8. The number of nitrogens with one attached hydrogen (secondary N) is 2. The number of hydrogen-bond donors (Lipinski definition) is 2. The zero-order chi connectivity index (χ0) is 20.2. The van der Waals surface area contributed by atoms with E-state index in [0.29, 0.717) is 12.5 Å². The molecule has 1 aromatic rings. The standard InChI is InChI=1S/C21H36N6O.HI/c1-18-8-15-27(16-9-18)13-6-12-24-21(22-2)25-17-20(28)26(3)14-10-19-7-4-5-11-23-19;/h4-5,7,11,18H,6,8-10,12-17H2,1-3H3,(H2,22,24,25);1H. The van der Waals surface area contributed by atoms with Crippen molar-refractivity contribution in [1.82, 2.24) is 25.4 Å². The molecule has 7 nitrogen and oxygen atoms in total. The number of hydrogen-bond acceptors (Lipinski definition) is 4. The molecule has 1 amide bonds. The summed E-state index contributed by atoms with van der Waals surface area (Å²) >= 11 is 0. The monoisotopic (exact) mass is 516 g/mol. The Morgan fingerprint density at radius 1 is 1.31 bits per heavy atom. The largest absolute Gasteiger partial charge is 0.356 e. The first-order valence-corrected chi connectivity index (χ1v) is 10.4. The number of aromatic nitrogens is 1. The molecule has 8 heteroatoms. The van der Waals surface area contributed by atoms with Crippen LogP contribution in [0, 0.1) is 5.92 Å². The zero-order valence-corrected chi connectivity index (χ0v) is 20.4. The van der Waals surface area contributed by atoms with Crippen LogP contribution in [-0.4, -0.2) is 80.0 Å². The van der Waals surface area contributed by atoms with E-state index in [1.165, 1.54) is 25.9 Å². The summed E-state index contributed by atoms with van der Waals surface area (Å²) in [5.74, 6) is 1.59. The molecule has 2 N–H and O–H groups in total. The number of carbonyl (C=O) groups is 1. The van der Waals surface area contributed by atoms with Crippen LogP contribution in [0.2, 0.25) is 0 Å². The first kappa shape index (κ1) is 25.6. The van der Waals surface area contributed by atoms with E-state index in [2.05, 4.69) is 32.4 Å². The normalized spacial score (nSPS) is 15.5. The number of piperidine rings is 1. The van der Waals surface area contributed by atoms with Crippen molar-refractivity contribution in [1.29, 1.82) is 0 Å². The maximum absolute atomic E-state index is 12.3. The molecule has 2 rings (SSSR count). The number of likely N-dealkylation sites (N-methyl/N-ethyl adjacent to an activating group) is 1. The predicted octanol–water partition coefficient (Wildman–Crippen LogP) is 1.99. The molecule has 29 heavy (non-hydrogen) atoms. The van der Waals surface area contributed by atoms with Gasteiger partial charge in [0, 0.05) is 45.5 Å². The number of amides is 1. The van der Waals surface area contributed by atoms with E-state index in [-0.39, 0.29) is 36.4 Å². The second-order valence-electron chi connectivity index (χ2n) is 7.62. The van der Waals surface area contributed by atoms with Crippen LogP contribution in [0.4, 0.5) is 0 Å². The molecule has 1 saturated heterocycles. The lowest BCUT2D eigenvalue weighted by atomic mass is 9.99. The van der Waals surface area contributed by atoms with Gasteiger partial charge < -0.3 is 20.4 Å². The van der Waals surface area contributed by atoms with Gasteiger partial charge in [-0.3, -0.25) is 14.8 Å². The van der Waals surface area contributed by atoms with Crippen molar-refractivity contribution in [3.63, 3.8) is 0 Å². The van der Waals surface area contributed by atoms with E-state index in [1.807, 2.05) is 25.2 Å². The van der Waals surface area contributed by atoms with E-state index < -0.39 is 0 Å². The summed E-state index contributed by atoms with van der Waals surface area (Å²) in [6, 6.07) is 5.84. The Morgan fingerprint density at radius 3 is 2.72 bits per heavy atom. The van der Waals surface area contributed by atoms with Crippen molar-refractivity contribution in [2.45, 2.75) is 32.6 Å². The summed E-state index contributed by atoms with van der Waals surface area (Å²) < 4.78 is 0. The fraction of sp³-hybridized carbons (Fsp3) is 0.667. The van der Waals surface area contributed by atoms with Gasteiger partial charge in [-0.05, 0) is 56.9 Å². The smallest absolute Gasteiger partial charge is 0.241 e. The molecule has 0 aliphatic carbocycles. The molecular weight excluding hydrogens is 479 g/mol. The average Bonchev–Trinajstić information content (AvgIpc) is 2.73. The van der Waals surface area contributed by atoms with Gasteiger partial charge in [0.25, 0.3) is 0 Å². The van der Waals surface area contributed by atoms with Gasteiger partial charge in [0.05, 0.1) is 6.54 Å². The van der Waals surface area contributed by atoms with Crippen LogP contribution >= 0.6 is 24.0 Å². The molecule has 1 aromatic heterocycles. The molecule has 1 aliphatic heterocycles. The Morgan fingerprint density at radius 2 is 2.07 bits per heavy atom. The number of aliphatic imine (C=N–C) groups is 1. The number of nitrogens with zero attached hydrogens (tertiary/aromatic N) is 4. The van der Waals surface area contributed by atoms with Crippen molar-refractivity contribution in [3.05, 3.63) is 30.1 Å². The molecule has 2 heterocycles. The Bertz CT molecular complexity index is 604. The highest BCUT2D eigenvalue weighted by atomic mass is 127. The maximum Gasteiger partial charge on any atom is 0.241 e. The summed E-state index contributed by atoms with van der Waals surface area (Å²) in [4.78, 5) is 25.1. The van der Waals surface area contributed by atoms with E-state index in [0.717, 1.165) is 37.5 Å². The SMILES string of the molecule is CN=C(NCCCN1CCC(C)CC1)NCC(=O)N(C)CCc1ccccn1.I. The van der Waals surface area contributed by atoms with E-state index in [1.54, 1.807) is 18.1 Å². The van der Waals surface area contributed by atoms with Gasteiger partial charge in [0.2, 0.25) is 5.91 Å². The third-order valence-corrected chi connectivity index (χ3v) is 5.31. The summed E-state index contributed by atoms with van der Waals surface area (Å²) in [6.07, 6.45) is 6.23. The van der Waals surface area contributed by atoms with Crippen LogP contribution in [0.15, 0.2) is 29.4 Å². The van der Waals surface area contributed by atoms with Crippen LogP contribution in [0.3, 0.4) is 0 Å². The number of guanidine groups is 1. The minimum atomic E-state index is 0. The van der Waals surface area contributed by atoms with Crippen molar-refractivity contribution >= 4 is 35.8 Å². The van der Waals surface area contributed by atoms with Crippen LogP contribution in [0.1, 0.15) is 31.9 Å². The molecule has 0 aromatic carbocycles. The summed E-state index contributed by atoms with van der Waals surface area (Å²) in [5.41, 5.74) is 0.996. The Labute approximate surface area is 192 Å². The third kappa shape index (κ3) is 10.3. The average molecular weight is 516 g/mol. The third-order valence-electron chi connectivity index (χ3n) is 5.31. The van der Waals surface area contributed by atoms with Crippen molar-refractivity contribution < 1.29 is 4.79 Å². The van der Waals surface area contributed by atoms with Gasteiger partial charge in [-0.25, -0.2) is 0 Å². The van der Waals surface area contributed by atoms with Crippen molar-refractivity contribution in [2.75, 3.05) is 53.4 Å². The zero-order valence-electron chi connectivity index (χ0n) is 18.1. The van der Waals surface area contributed by atoms with Gasteiger partial charge in [-0.15, -0.1) is 24.0 Å². The lowest BCUT2D eigenvalue weighted by molar-refractivity contribution is -0.128. The molecule has 0 radical (unpaired) electrons. The number of halogens is 1. The number of carbonyl (C=O) groups excluding carboxylic acids is 1. The van der Waals surface area contributed by atoms with Gasteiger partial charge in [-0.2, -0.15) is 0 Å². The van der Waals surface area contributed by atoms with E-state index in [9.17, 15) is 4.79 Å². The van der Waals surface area contributed by atoms with E-state index >= 15 is 0 Å². The predicted molar refractivity (Wildman–Crippen MR) is 130 cm³/mol. The Hall–Kier alpha value is -1.42. The first-order chi connectivity index (χ1) is 13.6. The quantitative estimate of drug-likeness (QED) is 0.227. The van der Waals surface area contributed by atoms with Gasteiger partial charge in [0.15, 0.2) is 5.96 Å². The van der Waals surface area contributed by atoms with Gasteiger partial charge >= 0.3 is 0 Å². The summed E-state index contributed by atoms with van der Waals surface area (Å²) in [6.45, 7) is 7.63. The highest BCUT2D eigenvalue weighted by molar-refractivity contribution is 14.0.